The molecule has 1 atom stereocenters. The first-order chi connectivity index (χ1) is 8.09. The Hall–Kier alpha value is -1.04. The molecular weight excluding hydrogens is 307 g/mol. The first kappa shape index (κ1) is 12.4. The van der Waals surface area contributed by atoms with Crippen molar-refractivity contribution in [2.45, 2.75) is 12.5 Å². The van der Waals surface area contributed by atoms with Crippen molar-refractivity contribution in [2.75, 3.05) is 0 Å². The maximum absolute atomic E-state index is 11.0. The minimum absolute atomic E-state index is 0.327. The molecule has 0 saturated heterocycles. The highest BCUT2D eigenvalue weighted by molar-refractivity contribution is 9.08. The van der Waals surface area contributed by atoms with Gasteiger partial charge in [0.1, 0.15) is 6.04 Å². The maximum atomic E-state index is 11.0. The number of carbonyl (C=O) groups is 1. The lowest BCUT2D eigenvalue weighted by molar-refractivity contribution is -0.140. The highest BCUT2D eigenvalue weighted by atomic mass is 79.9. The van der Waals surface area contributed by atoms with E-state index in [1.54, 1.807) is 0 Å². The van der Waals surface area contributed by atoms with Gasteiger partial charge in [-0.2, -0.15) is 0 Å². The van der Waals surface area contributed by atoms with E-state index in [1.807, 2.05) is 30.5 Å². The molecule has 2 rings (SSSR count). The molecule has 0 saturated carbocycles. The number of nitrogens with one attached hydrogen (secondary N) is 1. The Balaban J connectivity index is 2.31. The highest BCUT2D eigenvalue weighted by Gasteiger charge is 2.24. The van der Waals surface area contributed by atoms with Crippen molar-refractivity contribution in [1.29, 1.82) is 0 Å². The Kier molecular flexibility index (Phi) is 3.71. The molecule has 0 radical (unpaired) electrons. The lowest BCUT2D eigenvalue weighted by atomic mass is 10.1. The first-order valence-electron chi connectivity index (χ1n) is 4.98. The number of fused-ring (bicyclic) bond motifs is 1. The molecule has 1 heterocycles. The molecule has 2 aromatic rings. The van der Waals surface area contributed by atoms with Crippen LogP contribution in [-0.4, -0.2) is 25.5 Å². The Labute approximate surface area is 112 Å². The molecule has 2 N–H and O–H groups in total. The van der Waals surface area contributed by atoms with E-state index in [0.29, 0.717) is 6.42 Å². The van der Waals surface area contributed by atoms with Crippen LogP contribution >= 0.6 is 27.9 Å². The van der Waals surface area contributed by atoms with Gasteiger partial charge in [-0.05, 0) is 23.4 Å². The molecule has 1 aromatic heterocycles. The lowest BCUT2D eigenvalue weighted by Gasteiger charge is -2.14. The van der Waals surface area contributed by atoms with Gasteiger partial charge >= 0.3 is 5.97 Å². The topological polar surface area (TPSA) is 56.3 Å². The zero-order valence-corrected chi connectivity index (χ0v) is 11.1. The second-order valence-corrected chi connectivity index (χ2v) is 5.21. The second kappa shape index (κ2) is 5.08. The zero-order chi connectivity index (χ0) is 12.4. The van der Waals surface area contributed by atoms with Gasteiger partial charge < -0.3 is 10.1 Å². The molecule has 0 aliphatic rings. The van der Waals surface area contributed by atoms with Crippen LogP contribution in [0.2, 0.25) is 0 Å². The van der Waals surface area contributed by atoms with Crippen molar-refractivity contribution in [3.05, 3.63) is 36.0 Å². The smallest absolute Gasteiger partial charge is 0.323 e. The van der Waals surface area contributed by atoms with E-state index in [1.165, 1.54) is 0 Å². The van der Waals surface area contributed by atoms with Crippen LogP contribution in [0.15, 0.2) is 30.5 Å². The molecule has 4 nitrogen and oxygen atoms in total. The number of aliphatic carboxylic acids is 1. The average Bonchev–Trinajstić information content (AvgIpc) is 2.68. The van der Waals surface area contributed by atoms with Gasteiger partial charge in [-0.1, -0.05) is 18.2 Å². The summed E-state index contributed by atoms with van der Waals surface area (Å²) in [6, 6.07) is 6.93. The third-order valence-corrected chi connectivity index (χ3v) is 3.34. The fourth-order valence-corrected chi connectivity index (χ4v) is 2.22. The van der Waals surface area contributed by atoms with Crippen LogP contribution in [0.5, 0.6) is 0 Å². The van der Waals surface area contributed by atoms with Gasteiger partial charge in [0.25, 0.3) is 0 Å². The van der Waals surface area contributed by atoms with Gasteiger partial charge in [0, 0.05) is 39.7 Å². The normalized spacial score (nSPS) is 13.1. The van der Waals surface area contributed by atoms with Crippen LogP contribution in [0.3, 0.4) is 0 Å². The van der Waals surface area contributed by atoms with Gasteiger partial charge in [0.05, 0.1) is 0 Å². The summed E-state index contributed by atoms with van der Waals surface area (Å²) in [6.45, 7) is 0. The number of nitrogens with zero attached hydrogens (tertiary/aromatic N) is 1. The highest BCUT2D eigenvalue weighted by Crippen LogP contribution is 2.22. The van der Waals surface area contributed by atoms with E-state index in [9.17, 15) is 4.79 Å². The molecule has 0 aliphatic carbocycles. The fourth-order valence-electron chi connectivity index (χ4n) is 1.75. The Morgan fingerprint density at radius 2 is 2.24 bits per heavy atom. The maximum Gasteiger partial charge on any atom is 0.323 e. The number of rotatable bonds is 4. The number of H-pyrrole nitrogens is 1. The van der Waals surface area contributed by atoms with E-state index < -0.39 is 12.0 Å². The molecule has 0 bridgehead atoms. The predicted molar refractivity (Wildman–Crippen MR) is 70.0 cm³/mol. The van der Waals surface area contributed by atoms with Crippen molar-refractivity contribution in [3.63, 3.8) is 0 Å². The second-order valence-electron chi connectivity index (χ2n) is 3.68. The number of benzene rings is 1. The van der Waals surface area contributed by atoms with Crippen LogP contribution in [0.25, 0.3) is 10.9 Å². The van der Waals surface area contributed by atoms with Crippen molar-refractivity contribution in [2.24, 2.45) is 0 Å². The summed E-state index contributed by atoms with van der Waals surface area (Å²) in [5.74, 6) is -0.970. The molecule has 0 spiro atoms. The van der Waals surface area contributed by atoms with Crippen molar-refractivity contribution in [1.82, 2.24) is 8.43 Å². The monoisotopic (exact) mass is 316 g/mol. The summed E-state index contributed by atoms with van der Waals surface area (Å²) in [5.41, 5.74) is 1.92. The zero-order valence-electron chi connectivity index (χ0n) is 8.73. The van der Waals surface area contributed by atoms with Gasteiger partial charge in [0.2, 0.25) is 0 Å². The van der Waals surface area contributed by atoms with Gasteiger partial charge in [0.15, 0.2) is 0 Å². The summed E-state index contributed by atoms with van der Waals surface area (Å²) in [6.07, 6.45) is 2.14. The molecule has 0 aliphatic heterocycles. The summed E-state index contributed by atoms with van der Waals surface area (Å²) < 4.78 is 1.01. The standard InChI is InChI=1S/C11H10BrClN2O2/c12-15(13)10(11(16)17)5-7-6-14-9-4-2-1-3-8(7)9/h1-4,6,10,14H,5H2,(H,16,17)/t10-/m0/s1. The predicted octanol–water partition coefficient (Wildman–Crippen LogP) is 2.93. The number of para-hydroxylation sites is 1. The van der Waals surface area contributed by atoms with E-state index in [2.05, 4.69) is 21.1 Å². The number of hydrogen-bond acceptors (Lipinski definition) is 2. The Morgan fingerprint density at radius 3 is 2.88 bits per heavy atom. The molecule has 1 aromatic carbocycles. The molecule has 0 amide bonds. The summed E-state index contributed by atoms with van der Waals surface area (Å²) in [5, 5.41) is 10.1. The molecule has 6 heteroatoms. The third-order valence-electron chi connectivity index (χ3n) is 2.61. The molecular formula is C11H10BrClN2O2. The van der Waals surface area contributed by atoms with Crippen LogP contribution in [-0.2, 0) is 11.2 Å². The Morgan fingerprint density at radius 1 is 1.53 bits per heavy atom. The van der Waals surface area contributed by atoms with E-state index >= 15 is 0 Å². The molecule has 90 valence electrons. The quantitative estimate of drug-likeness (QED) is 0.853. The van der Waals surface area contributed by atoms with Gasteiger partial charge in [-0.3, -0.25) is 4.79 Å². The summed E-state index contributed by atoms with van der Waals surface area (Å²) in [7, 11) is 0. The minimum atomic E-state index is -0.970. The van der Waals surface area contributed by atoms with Gasteiger partial charge in [-0.25, -0.2) is 0 Å². The van der Waals surface area contributed by atoms with Crippen molar-refractivity contribution in [3.8, 4) is 0 Å². The molecule has 0 unspecified atom stereocenters. The summed E-state index contributed by atoms with van der Waals surface area (Å²) >= 11 is 8.62. The van der Waals surface area contributed by atoms with E-state index in [-0.39, 0.29) is 0 Å². The van der Waals surface area contributed by atoms with E-state index in [4.69, 9.17) is 16.9 Å². The van der Waals surface area contributed by atoms with Crippen molar-refractivity contribution >= 4 is 44.8 Å². The number of carboxylic acid groups (broad SMARTS) is 1. The number of carboxylic acids is 1. The lowest BCUT2D eigenvalue weighted by Crippen LogP contribution is -2.31. The third kappa shape index (κ3) is 2.62. The van der Waals surface area contributed by atoms with Crippen LogP contribution in [0, 0.1) is 0 Å². The fraction of sp³-hybridized carbons (Fsp3) is 0.182. The van der Waals surface area contributed by atoms with Crippen LogP contribution in [0.4, 0.5) is 0 Å². The number of hydrogen-bond donors (Lipinski definition) is 2. The largest absolute Gasteiger partial charge is 0.480 e. The van der Waals surface area contributed by atoms with Crippen LogP contribution < -0.4 is 0 Å². The van der Waals surface area contributed by atoms with Crippen molar-refractivity contribution < 1.29 is 9.90 Å². The summed E-state index contributed by atoms with van der Waals surface area (Å²) in [4.78, 5) is 14.1. The van der Waals surface area contributed by atoms with E-state index in [0.717, 1.165) is 19.9 Å². The molecule has 17 heavy (non-hydrogen) atoms. The number of aromatic nitrogens is 1. The van der Waals surface area contributed by atoms with Crippen LogP contribution in [0.1, 0.15) is 5.56 Å². The SMILES string of the molecule is O=C(O)[C@H](Cc1c[nH]c2ccccc12)N(Cl)Br. The average molecular weight is 318 g/mol. The first-order valence-corrected chi connectivity index (χ1v) is 6.03. The molecule has 0 fully saturated rings. The number of halogens is 2. The minimum Gasteiger partial charge on any atom is -0.480 e. The number of aromatic amines is 1. The Bertz CT molecular complexity index is 541. The van der Waals surface area contributed by atoms with Gasteiger partial charge in [-0.15, -0.1) is 3.45 Å².